The summed E-state index contributed by atoms with van der Waals surface area (Å²) < 4.78 is 18.4. The summed E-state index contributed by atoms with van der Waals surface area (Å²) in [5.74, 6) is -0.753. The number of rotatable bonds is 7. The van der Waals surface area contributed by atoms with Crippen molar-refractivity contribution in [2.24, 2.45) is 0 Å². The van der Waals surface area contributed by atoms with Gasteiger partial charge < -0.3 is 15.0 Å². The van der Waals surface area contributed by atoms with Crippen LogP contribution in [0.15, 0.2) is 66.0 Å². The number of benzene rings is 2. The molecule has 1 N–H and O–H groups in total. The molecule has 32 heavy (non-hydrogen) atoms. The van der Waals surface area contributed by atoms with Crippen LogP contribution in [0.2, 0.25) is 0 Å². The number of halogens is 1. The largest absolute Gasteiger partial charge is 0.497 e. The van der Waals surface area contributed by atoms with Crippen LogP contribution in [0, 0.1) is 5.82 Å². The predicted molar refractivity (Wildman–Crippen MR) is 119 cm³/mol. The molecular formula is C23H20FN3O4S. The summed E-state index contributed by atoms with van der Waals surface area (Å²) in [5, 5.41) is 4.62. The summed E-state index contributed by atoms with van der Waals surface area (Å²) in [6.07, 6.45) is -0.209. The molecule has 9 heteroatoms. The van der Waals surface area contributed by atoms with Crippen LogP contribution in [-0.2, 0) is 16.1 Å². The number of hydrogen-bond donors (Lipinski definition) is 1. The van der Waals surface area contributed by atoms with E-state index in [4.69, 9.17) is 4.74 Å². The van der Waals surface area contributed by atoms with E-state index in [1.807, 2.05) is 17.5 Å². The zero-order valence-electron chi connectivity index (χ0n) is 17.2. The Balaban J connectivity index is 1.56. The van der Waals surface area contributed by atoms with E-state index in [2.05, 4.69) is 5.32 Å². The van der Waals surface area contributed by atoms with Gasteiger partial charge >= 0.3 is 6.03 Å². The van der Waals surface area contributed by atoms with Crippen molar-refractivity contribution >= 4 is 40.6 Å². The fraction of sp³-hybridized carbons (Fsp3) is 0.174. The lowest BCUT2D eigenvalue weighted by atomic mass is 10.1. The molecule has 1 atom stereocenters. The highest BCUT2D eigenvalue weighted by Crippen LogP contribution is 2.29. The van der Waals surface area contributed by atoms with E-state index in [1.54, 1.807) is 31.4 Å². The first-order chi connectivity index (χ1) is 15.5. The molecule has 4 amide bonds. The van der Waals surface area contributed by atoms with Gasteiger partial charge in [-0.05, 0) is 60.0 Å². The lowest BCUT2D eigenvalue weighted by Crippen LogP contribution is -2.37. The second-order valence-corrected chi connectivity index (χ2v) is 8.17. The lowest BCUT2D eigenvalue weighted by Gasteiger charge is -2.21. The molecule has 0 unspecified atom stereocenters. The van der Waals surface area contributed by atoms with Crippen LogP contribution >= 0.6 is 11.3 Å². The minimum Gasteiger partial charge on any atom is -0.497 e. The molecule has 0 bridgehead atoms. The molecule has 2 heterocycles. The lowest BCUT2D eigenvalue weighted by molar-refractivity contribution is -0.124. The maximum absolute atomic E-state index is 13.3. The van der Waals surface area contributed by atoms with Crippen LogP contribution in [0.25, 0.3) is 0 Å². The highest BCUT2D eigenvalue weighted by atomic mass is 32.1. The van der Waals surface area contributed by atoms with Crippen molar-refractivity contribution in [3.8, 4) is 5.75 Å². The van der Waals surface area contributed by atoms with Crippen molar-refractivity contribution in [1.82, 2.24) is 4.90 Å². The molecule has 1 saturated heterocycles. The molecule has 7 nitrogen and oxygen atoms in total. The second-order valence-electron chi connectivity index (χ2n) is 7.14. The topological polar surface area (TPSA) is 79.0 Å². The van der Waals surface area contributed by atoms with E-state index in [-0.39, 0.29) is 18.7 Å². The number of nitrogens with zero attached hydrogens (tertiary/aromatic N) is 2. The van der Waals surface area contributed by atoms with Crippen LogP contribution < -0.4 is 15.0 Å². The molecule has 0 saturated carbocycles. The standard InChI is InChI=1S/C23H20FN3O4S/c1-31-18-10-6-16(7-11-18)25-21(28)13-20-22(29)27(17-8-4-15(24)5-9-17)23(30)26(20)14-19-3-2-12-32-19/h2-12,20H,13-14H2,1H3,(H,25,28)/t20-/m0/s1. The number of carbonyl (C=O) groups excluding carboxylic acids is 3. The third kappa shape index (κ3) is 4.47. The first-order valence-corrected chi connectivity index (χ1v) is 10.7. The number of imide groups is 1. The maximum Gasteiger partial charge on any atom is 0.332 e. The first-order valence-electron chi connectivity index (χ1n) is 9.82. The van der Waals surface area contributed by atoms with Crippen molar-refractivity contribution in [2.45, 2.75) is 19.0 Å². The first kappa shape index (κ1) is 21.5. The Bertz CT molecular complexity index is 1120. The Morgan fingerprint density at radius 1 is 1.09 bits per heavy atom. The molecule has 4 rings (SSSR count). The Hall–Kier alpha value is -3.72. The maximum atomic E-state index is 13.3. The van der Waals surface area contributed by atoms with Gasteiger partial charge in [0.1, 0.15) is 17.6 Å². The molecule has 1 aromatic heterocycles. The number of thiophene rings is 1. The van der Waals surface area contributed by atoms with Gasteiger partial charge in [0.25, 0.3) is 5.91 Å². The smallest absolute Gasteiger partial charge is 0.332 e. The summed E-state index contributed by atoms with van der Waals surface area (Å²) in [6, 6.07) is 14.1. The summed E-state index contributed by atoms with van der Waals surface area (Å²) in [6.45, 7) is 0.195. The van der Waals surface area contributed by atoms with Crippen LogP contribution in [0.5, 0.6) is 5.75 Å². The average Bonchev–Trinajstić information content (AvgIpc) is 3.38. The third-order valence-corrected chi connectivity index (χ3v) is 5.92. The summed E-state index contributed by atoms with van der Waals surface area (Å²) in [5.41, 5.74) is 0.809. The minimum absolute atomic E-state index is 0.195. The van der Waals surface area contributed by atoms with Crippen LogP contribution in [0.4, 0.5) is 20.6 Å². The summed E-state index contributed by atoms with van der Waals surface area (Å²) in [7, 11) is 1.55. The molecule has 1 fully saturated rings. The number of methoxy groups -OCH3 is 1. The number of urea groups is 1. The molecular weight excluding hydrogens is 433 g/mol. The van der Waals surface area contributed by atoms with E-state index in [0.29, 0.717) is 11.4 Å². The molecule has 0 aliphatic carbocycles. The second kappa shape index (κ2) is 9.19. The summed E-state index contributed by atoms with van der Waals surface area (Å²) in [4.78, 5) is 42.3. The number of anilines is 2. The molecule has 2 aromatic carbocycles. The average molecular weight is 453 g/mol. The van der Waals surface area contributed by atoms with E-state index >= 15 is 0 Å². The Labute approximate surface area is 188 Å². The van der Waals surface area contributed by atoms with Gasteiger partial charge in [-0.15, -0.1) is 11.3 Å². The molecule has 1 aliphatic rings. The van der Waals surface area contributed by atoms with Crippen LogP contribution in [0.3, 0.4) is 0 Å². The van der Waals surface area contributed by atoms with Crippen LogP contribution in [0.1, 0.15) is 11.3 Å². The monoisotopic (exact) mass is 453 g/mol. The number of ether oxygens (including phenoxy) is 1. The van der Waals surface area contributed by atoms with Gasteiger partial charge in [0.05, 0.1) is 25.8 Å². The fourth-order valence-corrected chi connectivity index (χ4v) is 4.18. The zero-order chi connectivity index (χ0) is 22.7. The number of amides is 4. The van der Waals surface area contributed by atoms with Gasteiger partial charge in [-0.1, -0.05) is 6.07 Å². The third-order valence-electron chi connectivity index (χ3n) is 5.06. The molecule has 164 valence electrons. The molecule has 1 aliphatic heterocycles. The quantitative estimate of drug-likeness (QED) is 0.542. The Kier molecular flexibility index (Phi) is 6.18. The van der Waals surface area contributed by atoms with Gasteiger partial charge in [-0.25, -0.2) is 14.1 Å². The number of carbonyl (C=O) groups is 3. The van der Waals surface area contributed by atoms with E-state index in [0.717, 1.165) is 9.78 Å². The van der Waals surface area contributed by atoms with Gasteiger partial charge in [0, 0.05) is 10.6 Å². The Morgan fingerprint density at radius 3 is 2.44 bits per heavy atom. The summed E-state index contributed by atoms with van der Waals surface area (Å²) >= 11 is 1.45. The van der Waals surface area contributed by atoms with Gasteiger partial charge in [0.15, 0.2) is 0 Å². The molecule has 3 aromatic rings. The van der Waals surface area contributed by atoms with E-state index in [1.165, 1.54) is 40.5 Å². The predicted octanol–water partition coefficient (Wildman–Crippen LogP) is 4.26. The van der Waals surface area contributed by atoms with E-state index < -0.39 is 29.7 Å². The van der Waals surface area contributed by atoms with Crippen LogP contribution in [-0.4, -0.2) is 35.9 Å². The van der Waals surface area contributed by atoms with E-state index in [9.17, 15) is 18.8 Å². The SMILES string of the molecule is COc1ccc(NC(=O)C[C@H]2C(=O)N(c3ccc(F)cc3)C(=O)N2Cc2cccs2)cc1. The molecule has 0 spiro atoms. The van der Waals surface area contributed by atoms with Gasteiger partial charge in [-0.2, -0.15) is 0 Å². The minimum atomic E-state index is -0.979. The van der Waals surface area contributed by atoms with Gasteiger partial charge in [0.2, 0.25) is 5.91 Å². The number of nitrogens with one attached hydrogen (secondary N) is 1. The zero-order valence-corrected chi connectivity index (χ0v) is 18.0. The number of hydrogen-bond acceptors (Lipinski definition) is 5. The highest BCUT2D eigenvalue weighted by molar-refractivity contribution is 7.09. The Morgan fingerprint density at radius 2 is 1.81 bits per heavy atom. The highest BCUT2D eigenvalue weighted by Gasteiger charge is 2.46. The fourth-order valence-electron chi connectivity index (χ4n) is 3.47. The van der Waals surface area contributed by atoms with Crippen molar-refractivity contribution in [2.75, 3.05) is 17.3 Å². The van der Waals surface area contributed by atoms with Gasteiger partial charge in [-0.3, -0.25) is 9.59 Å². The van der Waals surface area contributed by atoms with Crippen molar-refractivity contribution < 1.29 is 23.5 Å². The normalized spacial score (nSPS) is 15.9. The molecule has 0 radical (unpaired) electrons. The van der Waals surface area contributed by atoms with Crippen molar-refractivity contribution in [1.29, 1.82) is 0 Å². The van der Waals surface area contributed by atoms with Crippen molar-refractivity contribution in [3.63, 3.8) is 0 Å². The van der Waals surface area contributed by atoms with Crippen molar-refractivity contribution in [3.05, 3.63) is 76.7 Å².